The molecule has 96 valence electrons. The summed E-state index contributed by atoms with van der Waals surface area (Å²) in [5, 5.41) is 4.51. The Kier molecular flexibility index (Phi) is 2.97. The van der Waals surface area contributed by atoms with Gasteiger partial charge in [-0.25, -0.2) is 13.9 Å². The molecular weight excluding hydrogens is 243 g/mol. The summed E-state index contributed by atoms with van der Waals surface area (Å²) >= 11 is 0. The zero-order valence-corrected chi connectivity index (χ0v) is 10.3. The number of halogens is 1. The van der Waals surface area contributed by atoms with E-state index in [0.29, 0.717) is 13.0 Å². The van der Waals surface area contributed by atoms with Crippen molar-refractivity contribution in [2.45, 2.75) is 6.42 Å². The highest BCUT2D eigenvalue weighted by Gasteiger charge is 2.14. The van der Waals surface area contributed by atoms with Gasteiger partial charge >= 0.3 is 0 Å². The Morgan fingerprint density at radius 3 is 2.74 bits per heavy atom. The van der Waals surface area contributed by atoms with Crippen molar-refractivity contribution in [2.75, 3.05) is 6.54 Å². The maximum atomic E-state index is 13.0. The van der Waals surface area contributed by atoms with Gasteiger partial charge in [0.05, 0.1) is 5.69 Å². The Labute approximate surface area is 109 Å². The van der Waals surface area contributed by atoms with Gasteiger partial charge in [0, 0.05) is 23.5 Å². The number of nitrogens with zero attached hydrogens (tertiary/aromatic N) is 3. The second kappa shape index (κ2) is 4.78. The SMILES string of the molecule is NCCc1c(-c2ccc(F)cc2)nn2cccnc12. The van der Waals surface area contributed by atoms with Gasteiger partial charge in [0.15, 0.2) is 5.65 Å². The first-order valence-electron chi connectivity index (χ1n) is 6.08. The minimum absolute atomic E-state index is 0.258. The van der Waals surface area contributed by atoms with E-state index in [1.165, 1.54) is 12.1 Å². The number of fused-ring (bicyclic) bond motifs is 1. The van der Waals surface area contributed by atoms with Crippen molar-refractivity contribution in [3.8, 4) is 11.3 Å². The lowest BCUT2D eigenvalue weighted by Gasteiger charge is -2.01. The predicted molar refractivity (Wildman–Crippen MR) is 71.1 cm³/mol. The van der Waals surface area contributed by atoms with Crippen molar-refractivity contribution >= 4 is 5.65 Å². The van der Waals surface area contributed by atoms with Gasteiger partial charge in [-0.05, 0) is 43.3 Å². The minimum atomic E-state index is -0.258. The highest BCUT2D eigenvalue weighted by Crippen LogP contribution is 2.25. The van der Waals surface area contributed by atoms with Gasteiger partial charge < -0.3 is 5.73 Å². The third kappa shape index (κ3) is 2.08. The third-order valence-electron chi connectivity index (χ3n) is 3.00. The second-order valence-corrected chi connectivity index (χ2v) is 4.26. The van der Waals surface area contributed by atoms with E-state index in [2.05, 4.69) is 10.1 Å². The molecule has 1 aromatic carbocycles. The molecule has 0 amide bonds. The van der Waals surface area contributed by atoms with Crippen molar-refractivity contribution in [1.82, 2.24) is 14.6 Å². The lowest BCUT2D eigenvalue weighted by Crippen LogP contribution is -2.03. The van der Waals surface area contributed by atoms with Gasteiger partial charge in [0.25, 0.3) is 0 Å². The molecular formula is C14H13FN4. The van der Waals surface area contributed by atoms with Crippen molar-refractivity contribution < 1.29 is 4.39 Å². The Hall–Kier alpha value is -2.27. The molecule has 0 bridgehead atoms. The van der Waals surface area contributed by atoms with Crippen LogP contribution in [0.5, 0.6) is 0 Å². The van der Waals surface area contributed by atoms with Crippen LogP contribution in [0.25, 0.3) is 16.9 Å². The Bertz CT molecular complexity index is 703. The molecule has 0 aliphatic heterocycles. The Morgan fingerprint density at radius 1 is 1.21 bits per heavy atom. The molecule has 4 nitrogen and oxygen atoms in total. The molecule has 2 N–H and O–H groups in total. The lowest BCUT2D eigenvalue weighted by atomic mass is 10.1. The van der Waals surface area contributed by atoms with Gasteiger partial charge in [-0.2, -0.15) is 5.10 Å². The van der Waals surface area contributed by atoms with Crippen molar-refractivity contribution in [1.29, 1.82) is 0 Å². The molecule has 19 heavy (non-hydrogen) atoms. The van der Waals surface area contributed by atoms with E-state index in [-0.39, 0.29) is 5.82 Å². The van der Waals surface area contributed by atoms with E-state index in [1.807, 2.05) is 12.3 Å². The molecule has 0 aliphatic rings. The summed E-state index contributed by atoms with van der Waals surface area (Å²) in [5.74, 6) is -0.258. The van der Waals surface area contributed by atoms with Crippen molar-refractivity contribution in [2.24, 2.45) is 5.73 Å². The van der Waals surface area contributed by atoms with E-state index in [4.69, 9.17) is 5.73 Å². The number of nitrogens with two attached hydrogens (primary N) is 1. The van der Waals surface area contributed by atoms with Crippen LogP contribution in [0, 0.1) is 5.82 Å². The quantitative estimate of drug-likeness (QED) is 0.780. The summed E-state index contributed by atoms with van der Waals surface area (Å²) in [6, 6.07) is 8.12. The highest BCUT2D eigenvalue weighted by atomic mass is 19.1. The van der Waals surface area contributed by atoms with Crippen LogP contribution in [0.15, 0.2) is 42.7 Å². The molecule has 0 spiro atoms. The monoisotopic (exact) mass is 256 g/mol. The Balaban J connectivity index is 2.21. The standard InChI is InChI=1S/C14H13FN4/c15-11-4-2-10(3-5-11)13-12(6-7-16)14-17-8-1-9-19(14)18-13/h1-5,8-9H,6-7,16H2. The molecule has 0 saturated carbocycles. The first-order chi connectivity index (χ1) is 9.29. The van der Waals surface area contributed by atoms with Gasteiger partial charge in [-0.1, -0.05) is 0 Å². The van der Waals surface area contributed by atoms with Crippen LogP contribution in [0.4, 0.5) is 4.39 Å². The van der Waals surface area contributed by atoms with E-state index in [0.717, 1.165) is 22.5 Å². The van der Waals surface area contributed by atoms with Crippen molar-refractivity contribution in [3.05, 3.63) is 54.1 Å². The predicted octanol–water partition coefficient (Wildman–Crippen LogP) is 2.04. The number of hydrogen-bond donors (Lipinski definition) is 1. The third-order valence-corrected chi connectivity index (χ3v) is 3.00. The maximum absolute atomic E-state index is 13.0. The zero-order chi connectivity index (χ0) is 13.2. The topological polar surface area (TPSA) is 56.2 Å². The molecule has 0 fully saturated rings. The lowest BCUT2D eigenvalue weighted by molar-refractivity contribution is 0.628. The number of benzene rings is 1. The largest absolute Gasteiger partial charge is 0.330 e. The molecule has 0 aliphatic carbocycles. The molecule has 3 rings (SSSR count). The number of hydrogen-bond acceptors (Lipinski definition) is 3. The average Bonchev–Trinajstić information content (AvgIpc) is 2.79. The minimum Gasteiger partial charge on any atom is -0.330 e. The normalized spacial score (nSPS) is 11.1. The Morgan fingerprint density at radius 2 is 2.00 bits per heavy atom. The second-order valence-electron chi connectivity index (χ2n) is 4.26. The summed E-state index contributed by atoms with van der Waals surface area (Å²) in [7, 11) is 0. The van der Waals surface area contributed by atoms with Crippen LogP contribution in [-0.4, -0.2) is 21.1 Å². The smallest absolute Gasteiger partial charge is 0.158 e. The molecule has 2 heterocycles. The van der Waals surface area contributed by atoms with E-state index in [9.17, 15) is 4.39 Å². The number of rotatable bonds is 3. The van der Waals surface area contributed by atoms with E-state index < -0.39 is 0 Å². The summed E-state index contributed by atoms with van der Waals surface area (Å²) in [4.78, 5) is 4.33. The van der Waals surface area contributed by atoms with Crippen molar-refractivity contribution in [3.63, 3.8) is 0 Å². The zero-order valence-electron chi connectivity index (χ0n) is 10.3. The van der Waals surface area contributed by atoms with Gasteiger partial charge in [-0.3, -0.25) is 0 Å². The van der Waals surface area contributed by atoms with Crippen LogP contribution < -0.4 is 5.73 Å². The highest BCUT2D eigenvalue weighted by molar-refractivity contribution is 5.70. The number of aromatic nitrogens is 3. The van der Waals surface area contributed by atoms with Gasteiger partial charge in [-0.15, -0.1) is 0 Å². The summed E-state index contributed by atoms with van der Waals surface area (Å²) in [6.45, 7) is 0.520. The molecule has 3 aromatic rings. The molecule has 0 unspecified atom stereocenters. The molecule has 0 atom stereocenters. The molecule has 0 radical (unpaired) electrons. The molecule has 5 heteroatoms. The fourth-order valence-corrected chi connectivity index (χ4v) is 2.15. The summed E-state index contributed by atoms with van der Waals surface area (Å²) in [5.41, 5.74) is 9.13. The summed E-state index contributed by atoms with van der Waals surface area (Å²) < 4.78 is 14.7. The van der Waals surface area contributed by atoms with E-state index in [1.54, 1.807) is 22.8 Å². The summed E-state index contributed by atoms with van der Waals surface area (Å²) in [6.07, 6.45) is 4.26. The van der Waals surface area contributed by atoms with Crippen LogP contribution in [-0.2, 0) is 6.42 Å². The van der Waals surface area contributed by atoms with Crippen LogP contribution in [0.1, 0.15) is 5.56 Å². The van der Waals surface area contributed by atoms with Crippen LogP contribution in [0.2, 0.25) is 0 Å². The fourth-order valence-electron chi connectivity index (χ4n) is 2.15. The average molecular weight is 256 g/mol. The molecule has 2 aromatic heterocycles. The van der Waals surface area contributed by atoms with Gasteiger partial charge in [0.1, 0.15) is 5.82 Å². The first-order valence-corrected chi connectivity index (χ1v) is 6.08. The first kappa shape index (κ1) is 11.8. The fraction of sp³-hybridized carbons (Fsp3) is 0.143. The van der Waals surface area contributed by atoms with Crippen LogP contribution >= 0.6 is 0 Å². The van der Waals surface area contributed by atoms with Gasteiger partial charge in [0.2, 0.25) is 0 Å². The van der Waals surface area contributed by atoms with Crippen LogP contribution in [0.3, 0.4) is 0 Å². The maximum Gasteiger partial charge on any atom is 0.158 e. The van der Waals surface area contributed by atoms with E-state index >= 15 is 0 Å². The molecule has 0 saturated heterocycles.